The fraction of sp³-hybridized carbons (Fsp3) is 0.471. The number of likely N-dealkylation sites (tertiary alicyclic amines) is 1. The Kier molecular flexibility index (Phi) is 3.03. The van der Waals surface area contributed by atoms with Gasteiger partial charge in [0.15, 0.2) is 0 Å². The van der Waals surface area contributed by atoms with E-state index in [0.717, 1.165) is 23.0 Å². The number of para-hydroxylation sites is 1. The maximum atomic E-state index is 12.9. The van der Waals surface area contributed by atoms with Gasteiger partial charge in [0.05, 0.1) is 12.2 Å². The highest BCUT2D eigenvalue weighted by Crippen LogP contribution is 2.34. The van der Waals surface area contributed by atoms with E-state index in [1.165, 1.54) is 0 Å². The quantitative estimate of drug-likeness (QED) is 0.874. The van der Waals surface area contributed by atoms with Crippen LogP contribution in [0.15, 0.2) is 28.9 Å². The number of carbonyl (C=O) groups is 1. The highest BCUT2D eigenvalue weighted by atomic mass is 16.5. The van der Waals surface area contributed by atoms with Gasteiger partial charge in [0, 0.05) is 36.5 Å². The monoisotopic (exact) mass is 300 g/mol. The van der Waals surface area contributed by atoms with Crippen molar-refractivity contribution in [1.82, 2.24) is 4.90 Å². The van der Waals surface area contributed by atoms with Crippen molar-refractivity contribution >= 4 is 16.9 Å². The van der Waals surface area contributed by atoms with E-state index >= 15 is 0 Å². The van der Waals surface area contributed by atoms with Crippen LogP contribution < -0.4 is 5.73 Å². The molecule has 22 heavy (non-hydrogen) atoms. The van der Waals surface area contributed by atoms with Gasteiger partial charge in [-0.15, -0.1) is 0 Å². The second-order valence-electron chi connectivity index (χ2n) is 6.54. The molecule has 3 heterocycles. The summed E-state index contributed by atoms with van der Waals surface area (Å²) in [5.74, 6) is 0.230. The lowest BCUT2D eigenvalue weighted by Gasteiger charge is -2.34. The summed E-state index contributed by atoms with van der Waals surface area (Å²) in [6, 6.07) is 5.87. The van der Waals surface area contributed by atoms with Crippen LogP contribution in [0.25, 0.3) is 11.0 Å². The number of furan rings is 1. The first-order valence-corrected chi connectivity index (χ1v) is 7.71. The largest absolute Gasteiger partial charge is 0.463 e. The number of aryl methyl sites for hydroxylation is 1. The molecule has 2 aliphatic rings. The van der Waals surface area contributed by atoms with E-state index in [-0.39, 0.29) is 17.4 Å². The van der Waals surface area contributed by atoms with Crippen LogP contribution in [0.1, 0.15) is 22.3 Å². The Labute approximate surface area is 129 Å². The molecule has 2 aromatic rings. The van der Waals surface area contributed by atoms with Crippen LogP contribution in [0.3, 0.4) is 0 Å². The zero-order valence-electron chi connectivity index (χ0n) is 12.7. The fourth-order valence-electron chi connectivity index (χ4n) is 3.68. The molecule has 0 radical (unpaired) electrons. The third kappa shape index (κ3) is 1.96. The molecule has 0 bridgehead atoms. The molecule has 0 aliphatic carbocycles. The third-order valence-electron chi connectivity index (χ3n) is 5.08. The van der Waals surface area contributed by atoms with Crippen molar-refractivity contribution in [2.24, 2.45) is 11.7 Å². The molecular weight excluding hydrogens is 280 g/mol. The van der Waals surface area contributed by atoms with E-state index < -0.39 is 0 Å². The molecule has 1 aromatic carbocycles. The first kappa shape index (κ1) is 13.8. The van der Waals surface area contributed by atoms with Gasteiger partial charge in [0.25, 0.3) is 5.91 Å². The summed E-state index contributed by atoms with van der Waals surface area (Å²) in [5.41, 5.74) is 8.63. The van der Waals surface area contributed by atoms with Crippen molar-refractivity contribution in [3.8, 4) is 0 Å². The van der Waals surface area contributed by atoms with E-state index in [2.05, 4.69) is 0 Å². The number of carbonyl (C=O) groups excluding carboxylic acids is 1. The van der Waals surface area contributed by atoms with Crippen LogP contribution >= 0.6 is 0 Å². The van der Waals surface area contributed by atoms with Gasteiger partial charge in [-0.1, -0.05) is 18.2 Å². The number of hydrogen-bond acceptors (Lipinski definition) is 4. The number of nitrogens with zero attached hydrogens (tertiary/aromatic N) is 1. The van der Waals surface area contributed by atoms with Crippen LogP contribution in [0.4, 0.5) is 0 Å². The molecule has 0 spiro atoms. The Morgan fingerprint density at radius 2 is 2.32 bits per heavy atom. The highest BCUT2D eigenvalue weighted by Gasteiger charge is 2.47. The molecule has 2 atom stereocenters. The molecule has 2 aliphatic heterocycles. The zero-order valence-corrected chi connectivity index (χ0v) is 12.7. The first-order valence-electron chi connectivity index (χ1n) is 7.71. The molecule has 1 aromatic heterocycles. The standard InChI is InChI=1S/C17H20N2O3/c1-11-3-2-4-13-14(9-22-15(11)13)16(20)19-7-12-8-21-6-5-17(12,18)10-19/h2-4,9,12H,5-8,10,18H2,1H3/t12-,17+/m1/s1. The molecular formula is C17H20N2O3. The smallest absolute Gasteiger partial charge is 0.257 e. The second-order valence-corrected chi connectivity index (χ2v) is 6.54. The summed E-state index contributed by atoms with van der Waals surface area (Å²) < 4.78 is 11.1. The van der Waals surface area contributed by atoms with E-state index in [1.54, 1.807) is 6.26 Å². The van der Waals surface area contributed by atoms with Gasteiger partial charge >= 0.3 is 0 Å². The van der Waals surface area contributed by atoms with E-state index in [4.69, 9.17) is 14.9 Å². The van der Waals surface area contributed by atoms with E-state index in [1.807, 2.05) is 30.0 Å². The lowest BCUT2D eigenvalue weighted by molar-refractivity contribution is 0.0241. The number of nitrogens with two attached hydrogens (primary N) is 1. The average molecular weight is 300 g/mol. The molecule has 2 fully saturated rings. The number of amides is 1. The third-order valence-corrected chi connectivity index (χ3v) is 5.08. The van der Waals surface area contributed by atoms with Crippen molar-refractivity contribution in [1.29, 1.82) is 0 Å². The lowest BCUT2D eigenvalue weighted by atomic mass is 9.84. The predicted molar refractivity (Wildman–Crippen MR) is 82.7 cm³/mol. The van der Waals surface area contributed by atoms with Gasteiger partial charge in [0.2, 0.25) is 0 Å². The maximum Gasteiger partial charge on any atom is 0.257 e. The normalized spacial score (nSPS) is 28.1. The maximum absolute atomic E-state index is 12.9. The number of fused-ring (bicyclic) bond motifs is 2. The summed E-state index contributed by atoms with van der Waals surface area (Å²) >= 11 is 0. The van der Waals surface area contributed by atoms with Crippen molar-refractivity contribution < 1.29 is 13.9 Å². The van der Waals surface area contributed by atoms with Crippen LogP contribution in [-0.4, -0.2) is 42.6 Å². The van der Waals surface area contributed by atoms with Crippen molar-refractivity contribution in [2.45, 2.75) is 18.9 Å². The Bertz CT molecular complexity index is 739. The molecule has 5 heteroatoms. The van der Waals surface area contributed by atoms with Crippen molar-refractivity contribution in [2.75, 3.05) is 26.3 Å². The second kappa shape index (κ2) is 4.83. The minimum Gasteiger partial charge on any atom is -0.463 e. The fourth-order valence-corrected chi connectivity index (χ4v) is 3.68. The molecule has 4 rings (SSSR count). The van der Waals surface area contributed by atoms with Gasteiger partial charge in [0.1, 0.15) is 11.8 Å². The molecule has 0 saturated carbocycles. The summed E-state index contributed by atoms with van der Waals surface area (Å²) in [6.45, 7) is 4.57. The van der Waals surface area contributed by atoms with Gasteiger partial charge < -0.3 is 19.8 Å². The Morgan fingerprint density at radius 3 is 3.14 bits per heavy atom. The predicted octanol–water partition coefficient (Wildman–Crippen LogP) is 1.93. The Balaban J connectivity index is 1.66. The number of rotatable bonds is 1. The topological polar surface area (TPSA) is 68.7 Å². The van der Waals surface area contributed by atoms with Crippen LogP contribution in [0.2, 0.25) is 0 Å². The minimum atomic E-state index is -0.302. The van der Waals surface area contributed by atoms with Crippen LogP contribution in [0.5, 0.6) is 0 Å². The lowest BCUT2D eigenvalue weighted by Crippen LogP contribution is -2.52. The molecule has 116 valence electrons. The molecule has 2 N–H and O–H groups in total. The Hall–Kier alpha value is -1.85. The van der Waals surface area contributed by atoms with E-state index in [0.29, 0.717) is 31.9 Å². The highest BCUT2D eigenvalue weighted by molar-refractivity contribution is 6.06. The zero-order chi connectivity index (χ0) is 15.3. The van der Waals surface area contributed by atoms with Gasteiger partial charge in [-0.2, -0.15) is 0 Å². The number of hydrogen-bond donors (Lipinski definition) is 1. The van der Waals surface area contributed by atoms with E-state index in [9.17, 15) is 4.79 Å². The average Bonchev–Trinajstić information content (AvgIpc) is 3.08. The minimum absolute atomic E-state index is 0.00331. The summed E-state index contributed by atoms with van der Waals surface area (Å²) in [6.07, 6.45) is 2.38. The van der Waals surface area contributed by atoms with Crippen LogP contribution in [0, 0.1) is 12.8 Å². The summed E-state index contributed by atoms with van der Waals surface area (Å²) in [5, 5.41) is 0.877. The molecule has 0 unspecified atom stereocenters. The van der Waals surface area contributed by atoms with Crippen molar-refractivity contribution in [3.05, 3.63) is 35.6 Å². The summed E-state index contributed by atoms with van der Waals surface area (Å²) in [4.78, 5) is 14.7. The number of benzene rings is 1. The number of ether oxygens (including phenoxy) is 1. The van der Waals surface area contributed by atoms with Gasteiger partial charge in [-0.25, -0.2) is 0 Å². The Morgan fingerprint density at radius 1 is 1.45 bits per heavy atom. The molecule has 1 amide bonds. The van der Waals surface area contributed by atoms with Crippen LogP contribution in [-0.2, 0) is 4.74 Å². The molecule has 2 saturated heterocycles. The molecule has 5 nitrogen and oxygen atoms in total. The van der Waals surface area contributed by atoms with Gasteiger partial charge in [-0.05, 0) is 18.9 Å². The van der Waals surface area contributed by atoms with Crippen molar-refractivity contribution in [3.63, 3.8) is 0 Å². The first-order chi connectivity index (χ1) is 10.6. The summed E-state index contributed by atoms with van der Waals surface area (Å²) in [7, 11) is 0. The van der Waals surface area contributed by atoms with Gasteiger partial charge in [-0.3, -0.25) is 4.79 Å². The SMILES string of the molecule is Cc1cccc2c(C(=O)N3C[C@@H]4COCC[C@]4(N)C3)coc12.